The normalized spacial score (nSPS) is 13.2. The van der Waals surface area contributed by atoms with E-state index in [1.165, 1.54) is 18.2 Å². The van der Waals surface area contributed by atoms with Gasteiger partial charge in [-0.1, -0.05) is 12.1 Å². The Labute approximate surface area is 119 Å². The minimum absolute atomic E-state index is 0.0791. The summed E-state index contributed by atoms with van der Waals surface area (Å²) in [5.41, 5.74) is 7.60. The summed E-state index contributed by atoms with van der Waals surface area (Å²) in [6.45, 7) is 0. The Morgan fingerprint density at radius 1 is 1.10 bits per heavy atom. The van der Waals surface area contributed by atoms with Crippen molar-refractivity contribution in [3.8, 4) is 0 Å². The second kappa shape index (κ2) is 4.78. The first kappa shape index (κ1) is 12.9. The van der Waals surface area contributed by atoms with Gasteiger partial charge in [0.25, 0.3) is 5.69 Å². The van der Waals surface area contributed by atoms with E-state index in [1.54, 1.807) is 24.3 Å². The summed E-state index contributed by atoms with van der Waals surface area (Å²) in [4.78, 5) is 10.6. The second-order valence-corrected chi connectivity index (χ2v) is 4.50. The molecular formula is C14H11FN4O2. The van der Waals surface area contributed by atoms with Gasteiger partial charge < -0.3 is 16.4 Å². The van der Waals surface area contributed by atoms with Crippen molar-refractivity contribution in [1.82, 2.24) is 0 Å². The predicted octanol–water partition coefficient (Wildman–Crippen LogP) is 2.86. The lowest BCUT2D eigenvalue weighted by Gasteiger charge is -2.24. The van der Waals surface area contributed by atoms with Crippen LogP contribution in [0.15, 0.2) is 48.3 Å². The zero-order valence-electron chi connectivity index (χ0n) is 10.8. The van der Waals surface area contributed by atoms with E-state index in [0.29, 0.717) is 22.6 Å². The molecule has 0 bridgehead atoms. The molecule has 2 aromatic carbocycles. The van der Waals surface area contributed by atoms with Crippen molar-refractivity contribution in [2.75, 3.05) is 10.6 Å². The summed E-state index contributed by atoms with van der Waals surface area (Å²) in [6.07, 6.45) is 0. The lowest BCUT2D eigenvalue weighted by atomic mass is 10.1. The standard InChI is InChI=1S/C14H11FN4O2/c15-8-5-6-10-11(7-8)17-13(14(16)18-10)9-3-1-2-4-12(9)19(20)21/h1-7,17-18H,16H2. The van der Waals surface area contributed by atoms with Gasteiger partial charge >= 0.3 is 0 Å². The number of halogens is 1. The SMILES string of the molecule is NC1=C(c2ccccc2[N+](=O)[O-])Nc2cc(F)ccc2N1. The molecule has 0 radical (unpaired) electrons. The van der Waals surface area contributed by atoms with Crippen LogP contribution in [-0.4, -0.2) is 4.92 Å². The molecular weight excluding hydrogens is 275 g/mol. The number of rotatable bonds is 2. The van der Waals surface area contributed by atoms with E-state index in [1.807, 2.05) is 0 Å². The number of hydrogen-bond donors (Lipinski definition) is 3. The minimum atomic E-state index is -0.488. The Morgan fingerprint density at radius 3 is 2.62 bits per heavy atom. The van der Waals surface area contributed by atoms with Crippen molar-refractivity contribution < 1.29 is 9.31 Å². The van der Waals surface area contributed by atoms with Crippen LogP contribution < -0.4 is 16.4 Å². The van der Waals surface area contributed by atoms with Gasteiger partial charge in [0.2, 0.25) is 0 Å². The Hall–Kier alpha value is -3.09. The van der Waals surface area contributed by atoms with E-state index in [-0.39, 0.29) is 11.5 Å². The molecule has 0 unspecified atom stereocenters. The smallest absolute Gasteiger partial charge is 0.278 e. The number of nitro groups is 1. The third-order valence-corrected chi connectivity index (χ3v) is 3.15. The van der Waals surface area contributed by atoms with E-state index in [2.05, 4.69) is 10.6 Å². The average molecular weight is 286 g/mol. The largest absolute Gasteiger partial charge is 0.384 e. The zero-order valence-corrected chi connectivity index (χ0v) is 10.8. The van der Waals surface area contributed by atoms with Gasteiger partial charge in [-0.2, -0.15) is 0 Å². The maximum atomic E-state index is 13.3. The van der Waals surface area contributed by atoms with Crippen LogP contribution in [0.3, 0.4) is 0 Å². The van der Waals surface area contributed by atoms with Crippen LogP contribution in [0.4, 0.5) is 21.5 Å². The van der Waals surface area contributed by atoms with Crippen LogP contribution in [0.5, 0.6) is 0 Å². The first-order chi connectivity index (χ1) is 10.1. The van der Waals surface area contributed by atoms with Gasteiger partial charge in [0, 0.05) is 6.07 Å². The fraction of sp³-hybridized carbons (Fsp3) is 0. The van der Waals surface area contributed by atoms with Crippen molar-refractivity contribution >= 4 is 22.8 Å². The van der Waals surface area contributed by atoms with E-state index in [9.17, 15) is 14.5 Å². The molecule has 0 aromatic heterocycles. The highest BCUT2D eigenvalue weighted by Crippen LogP contribution is 2.35. The van der Waals surface area contributed by atoms with E-state index >= 15 is 0 Å². The van der Waals surface area contributed by atoms with Gasteiger partial charge in [-0.05, 0) is 24.3 Å². The first-order valence-electron chi connectivity index (χ1n) is 6.13. The summed E-state index contributed by atoms with van der Waals surface area (Å²) >= 11 is 0. The molecule has 0 aliphatic carbocycles. The Morgan fingerprint density at radius 2 is 1.86 bits per heavy atom. The summed E-state index contributed by atoms with van der Waals surface area (Å²) in [5, 5.41) is 17.0. The van der Waals surface area contributed by atoms with Crippen molar-refractivity contribution in [3.63, 3.8) is 0 Å². The summed E-state index contributed by atoms with van der Waals surface area (Å²) < 4.78 is 13.3. The lowest BCUT2D eigenvalue weighted by Crippen LogP contribution is -2.22. The lowest BCUT2D eigenvalue weighted by molar-refractivity contribution is -0.385. The van der Waals surface area contributed by atoms with Crippen LogP contribution in [-0.2, 0) is 0 Å². The van der Waals surface area contributed by atoms with Crippen LogP contribution in [0.1, 0.15) is 5.56 Å². The van der Waals surface area contributed by atoms with Crippen molar-refractivity contribution in [1.29, 1.82) is 0 Å². The van der Waals surface area contributed by atoms with Crippen LogP contribution in [0.25, 0.3) is 5.70 Å². The Bertz CT molecular complexity index is 773. The minimum Gasteiger partial charge on any atom is -0.384 e. The second-order valence-electron chi connectivity index (χ2n) is 4.50. The first-order valence-corrected chi connectivity index (χ1v) is 6.13. The molecule has 6 nitrogen and oxygen atoms in total. The van der Waals surface area contributed by atoms with Crippen molar-refractivity contribution in [3.05, 3.63) is 69.8 Å². The molecule has 4 N–H and O–H groups in total. The number of nitrogens with zero attached hydrogens (tertiary/aromatic N) is 1. The van der Waals surface area contributed by atoms with Gasteiger partial charge in [-0.25, -0.2) is 4.39 Å². The van der Waals surface area contributed by atoms with Gasteiger partial charge in [0.15, 0.2) is 0 Å². The number of hydrogen-bond acceptors (Lipinski definition) is 5. The number of nitro benzene ring substituents is 1. The van der Waals surface area contributed by atoms with Crippen LogP contribution in [0.2, 0.25) is 0 Å². The highest BCUT2D eigenvalue weighted by molar-refractivity contribution is 5.92. The van der Waals surface area contributed by atoms with E-state index in [0.717, 1.165) is 0 Å². The molecule has 0 atom stereocenters. The monoisotopic (exact) mass is 286 g/mol. The molecule has 2 aromatic rings. The number of benzene rings is 2. The van der Waals surface area contributed by atoms with E-state index in [4.69, 9.17) is 5.73 Å². The van der Waals surface area contributed by atoms with E-state index < -0.39 is 10.7 Å². The summed E-state index contributed by atoms with van der Waals surface area (Å²) in [5.74, 6) is -0.172. The van der Waals surface area contributed by atoms with Gasteiger partial charge in [-0.15, -0.1) is 0 Å². The van der Waals surface area contributed by atoms with Gasteiger partial charge in [-0.3, -0.25) is 10.1 Å². The molecule has 1 heterocycles. The summed E-state index contributed by atoms with van der Waals surface area (Å²) in [6, 6.07) is 10.4. The molecule has 3 rings (SSSR count). The molecule has 0 saturated carbocycles. The Kier molecular flexibility index (Phi) is 2.94. The van der Waals surface area contributed by atoms with Gasteiger partial charge in [0.1, 0.15) is 11.6 Å². The van der Waals surface area contributed by atoms with Crippen molar-refractivity contribution in [2.24, 2.45) is 5.73 Å². The number of nitrogens with one attached hydrogen (secondary N) is 2. The highest BCUT2D eigenvalue weighted by Gasteiger charge is 2.23. The Balaban J connectivity index is 2.10. The molecule has 106 valence electrons. The number of para-hydroxylation sites is 1. The molecule has 0 saturated heterocycles. The maximum absolute atomic E-state index is 13.3. The van der Waals surface area contributed by atoms with Gasteiger partial charge in [0.05, 0.1) is 27.6 Å². The summed E-state index contributed by atoms with van der Waals surface area (Å²) in [7, 11) is 0. The fourth-order valence-corrected chi connectivity index (χ4v) is 2.20. The highest BCUT2D eigenvalue weighted by atomic mass is 19.1. The molecule has 1 aliphatic rings. The molecule has 21 heavy (non-hydrogen) atoms. The van der Waals surface area contributed by atoms with Crippen LogP contribution in [0, 0.1) is 15.9 Å². The zero-order chi connectivity index (χ0) is 15.0. The molecule has 7 heteroatoms. The number of nitrogens with two attached hydrogens (primary N) is 1. The fourth-order valence-electron chi connectivity index (χ4n) is 2.20. The number of fused-ring (bicyclic) bond motifs is 1. The topological polar surface area (TPSA) is 93.2 Å². The van der Waals surface area contributed by atoms with Crippen LogP contribution >= 0.6 is 0 Å². The quantitative estimate of drug-likeness (QED) is 0.583. The molecule has 0 spiro atoms. The van der Waals surface area contributed by atoms with Crippen molar-refractivity contribution in [2.45, 2.75) is 0 Å². The number of anilines is 2. The average Bonchev–Trinajstić information content (AvgIpc) is 2.47. The maximum Gasteiger partial charge on any atom is 0.278 e. The molecule has 0 amide bonds. The third-order valence-electron chi connectivity index (χ3n) is 3.15. The molecule has 0 fully saturated rings. The predicted molar refractivity (Wildman–Crippen MR) is 77.8 cm³/mol. The third kappa shape index (κ3) is 2.25. The molecule has 1 aliphatic heterocycles.